The topological polar surface area (TPSA) is 107 Å². The van der Waals surface area contributed by atoms with Crippen molar-refractivity contribution >= 4 is 46.5 Å². The van der Waals surface area contributed by atoms with Gasteiger partial charge in [-0.2, -0.15) is 0 Å². The van der Waals surface area contributed by atoms with Crippen molar-refractivity contribution in [3.63, 3.8) is 0 Å². The van der Waals surface area contributed by atoms with Crippen molar-refractivity contribution in [3.8, 4) is 11.3 Å². The van der Waals surface area contributed by atoms with E-state index >= 15 is 0 Å². The molecule has 1 aliphatic rings. The number of benzene rings is 1. The number of pyridine rings is 1. The number of rotatable bonds is 11. The van der Waals surface area contributed by atoms with Gasteiger partial charge in [0.2, 0.25) is 5.91 Å². The minimum atomic E-state index is -0.466. The van der Waals surface area contributed by atoms with Crippen LogP contribution in [0.15, 0.2) is 47.6 Å². The van der Waals surface area contributed by atoms with Gasteiger partial charge in [0.05, 0.1) is 18.0 Å². The van der Waals surface area contributed by atoms with Crippen molar-refractivity contribution in [2.24, 2.45) is 0 Å². The first kappa shape index (κ1) is 28.2. The number of likely N-dealkylation sites (N-methyl/N-ethyl adjacent to an activating group) is 1. The lowest BCUT2D eigenvalue weighted by atomic mass is 10.1. The maximum Gasteiger partial charge on any atom is 0.225 e. The van der Waals surface area contributed by atoms with Crippen molar-refractivity contribution < 1.29 is 14.3 Å². The number of nitrogens with one attached hydrogen (secondary N) is 2. The molecule has 9 nitrogen and oxygen atoms in total. The van der Waals surface area contributed by atoms with E-state index in [-0.39, 0.29) is 18.1 Å². The van der Waals surface area contributed by atoms with Crippen LogP contribution in [0.1, 0.15) is 12.8 Å². The molecule has 1 aliphatic heterocycles. The smallest absolute Gasteiger partial charge is 0.225 e. The molecule has 38 heavy (non-hydrogen) atoms. The molecule has 3 aromatic rings. The van der Waals surface area contributed by atoms with Gasteiger partial charge in [0.25, 0.3) is 0 Å². The first-order valence-electron chi connectivity index (χ1n) is 12.4. The number of anilines is 3. The molecule has 0 saturated carbocycles. The highest BCUT2D eigenvalue weighted by Crippen LogP contribution is 2.32. The van der Waals surface area contributed by atoms with Gasteiger partial charge in [-0.1, -0.05) is 11.6 Å². The number of nitrogens with zero attached hydrogens (tertiary/aromatic N) is 5. The number of amides is 1. The number of thioether (sulfide) groups is 1. The fourth-order valence-corrected chi connectivity index (χ4v) is 4.84. The summed E-state index contributed by atoms with van der Waals surface area (Å²) in [4.78, 5) is 21.5. The molecule has 3 N–H and O–H groups in total. The number of halogens is 2. The number of hydrogen-bond acceptors (Lipinski definition) is 9. The van der Waals surface area contributed by atoms with E-state index in [2.05, 4.69) is 42.7 Å². The quantitative estimate of drug-likeness (QED) is 0.299. The van der Waals surface area contributed by atoms with Crippen LogP contribution in [0.2, 0.25) is 5.02 Å². The summed E-state index contributed by atoms with van der Waals surface area (Å²) in [5.41, 5.74) is 1.77. The Balaban J connectivity index is 1.42. The lowest BCUT2D eigenvalue weighted by Gasteiger charge is -2.32. The van der Waals surface area contributed by atoms with Crippen molar-refractivity contribution in [2.75, 3.05) is 62.8 Å². The molecule has 0 bridgehead atoms. The van der Waals surface area contributed by atoms with Gasteiger partial charge < -0.3 is 25.5 Å². The normalized spacial score (nSPS) is 14.4. The molecule has 3 heterocycles. The predicted octanol–water partition coefficient (Wildman–Crippen LogP) is 4.13. The monoisotopic (exact) mass is 559 g/mol. The van der Waals surface area contributed by atoms with Gasteiger partial charge in [-0.05, 0) is 50.3 Å². The number of carbonyl (C=O) groups excluding carboxylic acids is 1. The van der Waals surface area contributed by atoms with Gasteiger partial charge in [0.1, 0.15) is 16.7 Å². The maximum atomic E-state index is 14.5. The Hall–Kier alpha value is -2.83. The molecule has 2 aromatic heterocycles. The zero-order valence-corrected chi connectivity index (χ0v) is 22.7. The van der Waals surface area contributed by atoms with Gasteiger partial charge in [-0.3, -0.25) is 4.79 Å². The van der Waals surface area contributed by atoms with Crippen LogP contribution in [0, 0.1) is 5.82 Å². The summed E-state index contributed by atoms with van der Waals surface area (Å²) in [5, 5.41) is 24.7. The molecule has 0 aliphatic carbocycles. The largest absolute Gasteiger partial charge is 0.396 e. The Morgan fingerprint density at radius 2 is 1.97 bits per heavy atom. The highest BCUT2D eigenvalue weighted by Gasteiger charge is 2.15. The zero-order valence-electron chi connectivity index (χ0n) is 21.2. The number of aromatic nitrogens is 3. The van der Waals surface area contributed by atoms with Crippen molar-refractivity contribution in [2.45, 2.75) is 17.9 Å². The van der Waals surface area contributed by atoms with E-state index in [4.69, 9.17) is 11.6 Å². The van der Waals surface area contributed by atoms with Crippen LogP contribution in [0.3, 0.4) is 0 Å². The van der Waals surface area contributed by atoms with Gasteiger partial charge in [-0.25, -0.2) is 9.37 Å². The van der Waals surface area contributed by atoms with E-state index < -0.39 is 5.82 Å². The molecular weight excluding hydrogens is 529 g/mol. The Kier molecular flexibility index (Phi) is 10.2. The number of aliphatic hydroxyl groups is 1. The van der Waals surface area contributed by atoms with Crippen LogP contribution < -0.4 is 10.6 Å². The first-order chi connectivity index (χ1) is 18.4. The second-order valence-corrected chi connectivity index (χ2v) is 10.5. The third kappa shape index (κ3) is 8.08. The minimum absolute atomic E-state index is 0.0310. The predicted molar refractivity (Wildman–Crippen MR) is 150 cm³/mol. The van der Waals surface area contributed by atoms with Crippen LogP contribution in [0.25, 0.3) is 11.3 Å². The maximum absolute atomic E-state index is 14.5. The van der Waals surface area contributed by atoms with E-state index in [1.807, 2.05) is 0 Å². The number of carbonyl (C=O) groups is 1. The highest BCUT2D eigenvalue weighted by molar-refractivity contribution is 7.99. The lowest BCUT2D eigenvalue weighted by Crippen LogP contribution is -2.44. The minimum Gasteiger partial charge on any atom is -0.396 e. The summed E-state index contributed by atoms with van der Waals surface area (Å²) in [7, 11) is 2.12. The Morgan fingerprint density at radius 1 is 1.16 bits per heavy atom. The van der Waals surface area contributed by atoms with Gasteiger partial charge in [0.15, 0.2) is 0 Å². The fraction of sp³-hybridized carbons (Fsp3) is 0.385. The summed E-state index contributed by atoms with van der Waals surface area (Å²) in [6.07, 6.45) is 2.79. The SMILES string of the molecule is CN1CCN(CCCC(=O)Nc2cc(Nc3cc(-c4cc(Cl)ccc4F)nnc3SCCO)ccn2)CC1. The zero-order chi connectivity index (χ0) is 26.9. The third-order valence-electron chi connectivity index (χ3n) is 6.07. The molecule has 1 fully saturated rings. The Labute approximate surface area is 230 Å². The fourth-order valence-electron chi connectivity index (χ4n) is 4.02. The van der Waals surface area contributed by atoms with Crippen LogP contribution in [0.4, 0.5) is 21.6 Å². The average molecular weight is 560 g/mol. The van der Waals surface area contributed by atoms with Crippen LogP contribution >= 0.6 is 23.4 Å². The highest BCUT2D eigenvalue weighted by atomic mass is 35.5. The molecule has 1 saturated heterocycles. The lowest BCUT2D eigenvalue weighted by molar-refractivity contribution is -0.116. The first-order valence-corrected chi connectivity index (χ1v) is 13.8. The molecule has 0 atom stereocenters. The molecule has 1 amide bonds. The summed E-state index contributed by atoms with van der Waals surface area (Å²) in [6.45, 7) is 5.03. The molecule has 12 heteroatoms. The summed E-state index contributed by atoms with van der Waals surface area (Å²) >= 11 is 7.38. The van der Waals surface area contributed by atoms with Crippen LogP contribution in [-0.2, 0) is 4.79 Å². The molecule has 1 aromatic carbocycles. The van der Waals surface area contributed by atoms with Crippen molar-refractivity contribution in [1.82, 2.24) is 25.0 Å². The average Bonchev–Trinajstić information content (AvgIpc) is 2.90. The van der Waals surface area contributed by atoms with Gasteiger partial charge >= 0.3 is 0 Å². The number of hydrogen-bond donors (Lipinski definition) is 3. The standard InChI is InChI=1S/C26H31ClFN7O2S/c1-34-9-11-35(12-10-34)8-2-3-25(37)31-24-16-19(6-7-29-24)30-23-17-22(32-33-26(23)38-14-13-36)20-15-18(27)4-5-21(20)28/h4-7,15-17,36H,2-3,8-14H2,1H3,(H2,29,30,31,32,37). The summed E-state index contributed by atoms with van der Waals surface area (Å²) < 4.78 is 14.5. The van der Waals surface area contributed by atoms with E-state index in [0.29, 0.717) is 45.1 Å². The molecule has 202 valence electrons. The van der Waals surface area contributed by atoms with Gasteiger partial charge in [0, 0.05) is 66.9 Å². The van der Waals surface area contributed by atoms with Crippen molar-refractivity contribution in [3.05, 3.63) is 53.4 Å². The second kappa shape index (κ2) is 13.8. The summed E-state index contributed by atoms with van der Waals surface area (Å²) in [6, 6.07) is 9.40. The number of aliphatic hydroxyl groups excluding tert-OH is 1. The summed E-state index contributed by atoms with van der Waals surface area (Å²) in [5.74, 6) is 0.284. The third-order valence-corrected chi connectivity index (χ3v) is 7.27. The Bertz CT molecular complexity index is 1240. The molecule has 0 spiro atoms. The number of piperazine rings is 1. The Morgan fingerprint density at radius 3 is 2.76 bits per heavy atom. The van der Waals surface area contributed by atoms with E-state index in [1.165, 1.54) is 30.0 Å². The van der Waals surface area contributed by atoms with Gasteiger partial charge in [-0.15, -0.1) is 22.0 Å². The molecular formula is C26H31ClFN7O2S. The second-order valence-electron chi connectivity index (χ2n) is 9.00. The molecule has 0 unspecified atom stereocenters. The van der Waals surface area contributed by atoms with E-state index in [9.17, 15) is 14.3 Å². The van der Waals surface area contributed by atoms with Crippen molar-refractivity contribution in [1.29, 1.82) is 0 Å². The van der Waals surface area contributed by atoms with Crippen LogP contribution in [-0.4, -0.2) is 88.1 Å². The van der Waals surface area contributed by atoms with Crippen LogP contribution in [0.5, 0.6) is 0 Å². The van der Waals surface area contributed by atoms with E-state index in [1.54, 1.807) is 24.4 Å². The van der Waals surface area contributed by atoms with E-state index in [0.717, 1.165) is 39.1 Å². The molecule has 4 rings (SSSR count). The molecule has 0 radical (unpaired) electrons.